The van der Waals surface area contributed by atoms with E-state index < -0.39 is 0 Å². The van der Waals surface area contributed by atoms with Crippen LogP contribution in [-0.4, -0.2) is 30.4 Å². The molecule has 0 saturated carbocycles. The van der Waals surface area contributed by atoms with Crippen molar-refractivity contribution in [3.05, 3.63) is 29.3 Å². The molecule has 3 heteroatoms. The van der Waals surface area contributed by atoms with Crippen LogP contribution in [-0.2, 0) is 6.42 Å². The molecule has 1 aliphatic heterocycles. The van der Waals surface area contributed by atoms with E-state index in [1.54, 1.807) is 0 Å². The standard InChI is InChI=1S/C16H24N2O/c1-11(2)9-12(3)18(4)16(19)14-5-6-15-13(10-14)7-8-17-15/h5-6,10-12,17H,7-9H2,1-4H3/t12-/m0/s1. The van der Waals surface area contributed by atoms with Crippen LogP contribution in [0, 0.1) is 5.92 Å². The maximum atomic E-state index is 12.5. The predicted molar refractivity (Wildman–Crippen MR) is 79.6 cm³/mol. The van der Waals surface area contributed by atoms with Crippen molar-refractivity contribution >= 4 is 11.6 Å². The molecule has 19 heavy (non-hydrogen) atoms. The quantitative estimate of drug-likeness (QED) is 0.902. The molecule has 0 unspecified atom stereocenters. The average Bonchev–Trinajstić information content (AvgIpc) is 2.83. The molecule has 0 radical (unpaired) electrons. The monoisotopic (exact) mass is 260 g/mol. The molecule has 1 aromatic carbocycles. The lowest BCUT2D eigenvalue weighted by Gasteiger charge is -2.26. The summed E-state index contributed by atoms with van der Waals surface area (Å²) < 4.78 is 0. The Bertz CT molecular complexity index is 468. The average molecular weight is 260 g/mol. The van der Waals surface area contributed by atoms with E-state index in [1.165, 1.54) is 11.3 Å². The van der Waals surface area contributed by atoms with Gasteiger partial charge in [0.2, 0.25) is 0 Å². The first kappa shape index (κ1) is 13.9. The number of carbonyl (C=O) groups excluding carboxylic acids is 1. The highest BCUT2D eigenvalue weighted by molar-refractivity contribution is 5.95. The number of nitrogens with one attached hydrogen (secondary N) is 1. The van der Waals surface area contributed by atoms with Crippen molar-refractivity contribution < 1.29 is 4.79 Å². The molecular formula is C16H24N2O. The molecule has 1 heterocycles. The minimum absolute atomic E-state index is 0.128. The molecule has 1 amide bonds. The van der Waals surface area contributed by atoms with Gasteiger partial charge in [-0.05, 0) is 49.4 Å². The molecule has 1 N–H and O–H groups in total. The smallest absolute Gasteiger partial charge is 0.253 e. The fourth-order valence-electron chi connectivity index (χ4n) is 2.68. The first-order valence-electron chi connectivity index (χ1n) is 7.13. The Balaban J connectivity index is 2.11. The van der Waals surface area contributed by atoms with Crippen molar-refractivity contribution in [1.29, 1.82) is 0 Å². The zero-order chi connectivity index (χ0) is 14.0. The van der Waals surface area contributed by atoms with Crippen LogP contribution in [0.1, 0.15) is 43.1 Å². The second-order valence-corrected chi connectivity index (χ2v) is 5.94. The summed E-state index contributed by atoms with van der Waals surface area (Å²) in [5.74, 6) is 0.734. The maximum Gasteiger partial charge on any atom is 0.253 e. The lowest BCUT2D eigenvalue weighted by Crippen LogP contribution is -2.35. The number of carbonyl (C=O) groups is 1. The third kappa shape index (κ3) is 3.09. The number of nitrogens with zero attached hydrogens (tertiary/aromatic N) is 1. The van der Waals surface area contributed by atoms with Gasteiger partial charge in [0.1, 0.15) is 0 Å². The van der Waals surface area contributed by atoms with Crippen LogP contribution in [0.5, 0.6) is 0 Å². The van der Waals surface area contributed by atoms with E-state index >= 15 is 0 Å². The molecule has 1 aromatic rings. The molecular weight excluding hydrogens is 236 g/mol. The Hall–Kier alpha value is -1.51. The fraction of sp³-hybridized carbons (Fsp3) is 0.562. The van der Waals surface area contributed by atoms with Gasteiger partial charge in [0.15, 0.2) is 0 Å². The molecule has 1 aliphatic rings. The lowest BCUT2D eigenvalue weighted by molar-refractivity contribution is 0.0728. The highest BCUT2D eigenvalue weighted by Crippen LogP contribution is 2.24. The Kier molecular flexibility index (Phi) is 4.13. The molecule has 0 aliphatic carbocycles. The minimum Gasteiger partial charge on any atom is -0.384 e. The van der Waals surface area contributed by atoms with Gasteiger partial charge in [-0.2, -0.15) is 0 Å². The Labute approximate surface area is 116 Å². The van der Waals surface area contributed by atoms with Gasteiger partial charge >= 0.3 is 0 Å². The van der Waals surface area contributed by atoms with Gasteiger partial charge < -0.3 is 10.2 Å². The number of benzene rings is 1. The van der Waals surface area contributed by atoms with Crippen LogP contribution < -0.4 is 5.32 Å². The molecule has 0 fully saturated rings. The summed E-state index contributed by atoms with van der Waals surface area (Å²) in [7, 11) is 1.90. The highest BCUT2D eigenvalue weighted by Gasteiger charge is 2.20. The van der Waals surface area contributed by atoms with Gasteiger partial charge in [0.25, 0.3) is 5.91 Å². The summed E-state index contributed by atoms with van der Waals surface area (Å²) in [5.41, 5.74) is 3.24. The molecule has 0 saturated heterocycles. The summed E-state index contributed by atoms with van der Waals surface area (Å²) >= 11 is 0. The van der Waals surface area contributed by atoms with E-state index in [1.807, 2.05) is 30.1 Å². The normalized spacial score (nSPS) is 15.0. The molecule has 1 atom stereocenters. The fourth-order valence-corrected chi connectivity index (χ4v) is 2.68. The maximum absolute atomic E-state index is 12.5. The largest absolute Gasteiger partial charge is 0.384 e. The van der Waals surface area contributed by atoms with Crippen molar-refractivity contribution in [3.8, 4) is 0 Å². The van der Waals surface area contributed by atoms with Crippen LogP contribution in [0.25, 0.3) is 0 Å². The van der Waals surface area contributed by atoms with E-state index in [0.717, 1.165) is 24.9 Å². The number of fused-ring (bicyclic) bond motifs is 1. The van der Waals surface area contributed by atoms with Crippen molar-refractivity contribution in [2.45, 2.75) is 39.7 Å². The molecule has 104 valence electrons. The number of amides is 1. The number of rotatable bonds is 4. The van der Waals surface area contributed by atoms with E-state index in [0.29, 0.717) is 5.92 Å². The second kappa shape index (κ2) is 5.64. The van der Waals surface area contributed by atoms with Gasteiger partial charge in [0, 0.05) is 30.9 Å². The topological polar surface area (TPSA) is 32.3 Å². The van der Waals surface area contributed by atoms with E-state index in [2.05, 4.69) is 26.1 Å². The summed E-state index contributed by atoms with van der Waals surface area (Å²) in [6.07, 6.45) is 2.05. The predicted octanol–water partition coefficient (Wildman–Crippen LogP) is 3.16. The lowest BCUT2D eigenvalue weighted by atomic mass is 10.0. The van der Waals surface area contributed by atoms with Crippen molar-refractivity contribution in [1.82, 2.24) is 4.90 Å². The summed E-state index contributed by atoms with van der Waals surface area (Å²) in [6.45, 7) is 7.48. The summed E-state index contributed by atoms with van der Waals surface area (Å²) in [5, 5.41) is 3.32. The zero-order valence-corrected chi connectivity index (χ0v) is 12.4. The molecule has 3 nitrogen and oxygen atoms in total. The number of hydrogen-bond acceptors (Lipinski definition) is 2. The summed E-state index contributed by atoms with van der Waals surface area (Å²) in [6, 6.07) is 6.27. The van der Waals surface area contributed by atoms with Gasteiger partial charge in [-0.15, -0.1) is 0 Å². The van der Waals surface area contributed by atoms with Crippen LogP contribution in [0.15, 0.2) is 18.2 Å². The minimum atomic E-state index is 0.128. The Morgan fingerprint density at radius 3 is 2.79 bits per heavy atom. The van der Waals surface area contributed by atoms with Gasteiger partial charge in [-0.3, -0.25) is 4.79 Å². The third-order valence-corrected chi connectivity index (χ3v) is 3.86. The van der Waals surface area contributed by atoms with Crippen molar-refractivity contribution in [2.75, 3.05) is 18.9 Å². The first-order valence-corrected chi connectivity index (χ1v) is 7.13. The molecule has 2 rings (SSSR count). The summed E-state index contributed by atoms with van der Waals surface area (Å²) in [4.78, 5) is 14.3. The highest BCUT2D eigenvalue weighted by atomic mass is 16.2. The van der Waals surface area contributed by atoms with Crippen molar-refractivity contribution in [3.63, 3.8) is 0 Å². The zero-order valence-electron chi connectivity index (χ0n) is 12.4. The molecule has 0 spiro atoms. The first-order chi connectivity index (χ1) is 8.99. The van der Waals surface area contributed by atoms with Crippen molar-refractivity contribution in [2.24, 2.45) is 5.92 Å². The molecule has 0 bridgehead atoms. The SMILES string of the molecule is CC(C)C[C@H](C)N(C)C(=O)c1ccc2c(c1)CCN2. The molecule has 0 aromatic heterocycles. The van der Waals surface area contributed by atoms with E-state index in [9.17, 15) is 4.79 Å². The van der Waals surface area contributed by atoms with Gasteiger partial charge in [0.05, 0.1) is 0 Å². The third-order valence-electron chi connectivity index (χ3n) is 3.86. The van der Waals surface area contributed by atoms with E-state index in [-0.39, 0.29) is 11.9 Å². The van der Waals surface area contributed by atoms with E-state index in [4.69, 9.17) is 0 Å². The Morgan fingerprint density at radius 2 is 2.11 bits per heavy atom. The second-order valence-electron chi connectivity index (χ2n) is 5.94. The van der Waals surface area contributed by atoms with Gasteiger partial charge in [-0.1, -0.05) is 13.8 Å². The van der Waals surface area contributed by atoms with Crippen LogP contribution in [0.2, 0.25) is 0 Å². The van der Waals surface area contributed by atoms with Crippen LogP contribution in [0.3, 0.4) is 0 Å². The van der Waals surface area contributed by atoms with Crippen LogP contribution in [0.4, 0.5) is 5.69 Å². The number of anilines is 1. The van der Waals surface area contributed by atoms with Gasteiger partial charge in [-0.25, -0.2) is 0 Å². The van der Waals surface area contributed by atoms with Crippen LogP contribution >= 0.6 is 0 Å². The number of hydrogen-bond donors (Lipinski definition) is 1. The Morgan fingerprint density at radius 1 is 1.37 bits per heavy atom.